The zero-order valence-electron chi connectivity index (χ0n) is 29.8. The molecule has 0 spiro atoms. The van der Waals surface area contributed by atoms with Gasteiger partial charge >= 0.3 is 12.2 Å². The van der Waals surface area contributed by atoms with Crippen LogP contribution in [0.1, 0.15) is 79.4 Å². The fourth-order valence-electron chi connectivity index (χ4n) is 9.15. The highest BCUT2D eigenvalue weighted by Gasteiger charge is 2.46. The molecule has 0 saturated carbocycles. The third-order valence-corrected chi connectivity index (χ3v) is 12.1. The first kappa shape index (κ1) is 35.4. The third-order valence-electron chi connectivity index (χ3n) is 12.1. The second-order valence-electron chi connectivity index (χ2n) is 15.3. The molecule has 0 radical (unpaired) electrons. The Morgan fingerprint density at radius 1 is 1.14 bits per heavy atom. The molecule has 274 valence electrons. The molecule has 5 aliphatic rings. The van der Waals surface area contributed by atoms with Crippen LogP contribution in [0, 0.1) is 24.2 Å². The Morgan fingerprint density at radius 2 is 1.90 bits per heavy atom. The van der Waals surface area contributed by atoms with Crippen molar-refractivity contribution in [2.24, 2.45) is 5.92 Å². The van der Waals surface area contributed by atoms with E-state index in [0.717, 1.165) is 57.3 Å². The van der Waals surface area contributed by atoms with E-state index in [2.05, 4.69) is 25.8 Å². The van der Waals surface area contributed by atoms with Crippen LogP contribution >= 0.6 is 0 Å². The number of carbonyl (C=O) groups is 1. The van der Waals surface area contributed by atoms with Crippen LogP contribution in [0.2, 0.25) is 0 Å². The molecule has 14 heteroatoms. The van der Waals surface area contributed by atoms with Crippen LogP contribution in [0.15, 0.2) is 18.2 Å². The summed E-state index contributed by atoms with van der Waals surface area (Å²) in [5.41, 5.74) is 6.77. The molecule has 4 fully saturated rings. The van der Waals surface area contributed by atoms with Gasteiger partial charge in [0.2, 0.25) is 5.91 Å². The minimum absolute atomic E-state index is 0.0467. The highest BCUT2D eigenvalue weighted by atomic mass is 19.4. The predicted molar refractivity (Wildman–Crippen MR) is 186 cm³/mol. The summed E-state index contributed by atoms with van der Waals surface area (Å²) < 4.78 is 49.8. The number of ether oxygens (including phenoxy) is 1. The number of nitrogens with two attached hydrogens (primary N) is 1. The summed E-state index contributed by atoms with van der Waals surface area (Å²) in [6, 6.07) is 3.64. The number of pyridine rings is 1. The molecule has 2 N–H and O–H groups in total. The lowest BCUT2D eigenvalue weighted by molar-refractivity contribution is -0.139. The zero-order chi connectivity index (χ0) is 36.1. The molecule has 0 aromatic carbocycles. The number of rotatable bonds is 8. The van der Waals surface area contributed by atoms with Gasteiger partial charge in [-0.2, -0.15) is 28.4 Å². The molecule has 3 unspecified atom stereocenters. The Labute approximate surface area is 297 Å². The van der Waals surface area contributed by atoms with Crippen LogP contribution in [0.25, 0.3) is 0 Å². The van der Waals surface area contributed by atoms with Crippen molar-refractivity contribution < 1.29 is 22.7 Å². The fraction of sp³-hybridized carbons (Fsp3) is 0.649. The van der Waals surface area contributed by atoms with Crippen molar-refractivity contribution in [1.82, 2.24) is 29.7 Å². The summed E-state index contributed by atoms with van der Waals surface area (Å²) >= 11 is 0. The van der Waals surface area contributed by atoms with Gasteiger partial charge in [-0.25, -0.2) is 4.98 Å². The van der Waals surface area contributed by atoms with Crippen molar-refractivity contribution in [3.05, 3.63) is 46.3 Å². The molecule has 4 aliphatic heterocycles. The number of likely N-dealkylation sites (tertiary alicyclic amines) is 1. The number of nitrogen functional groups attached to an aromatic ring is 1. The number of likely N-dealkylation sites (N-methyl/N-ethyl adjacent to an activating group) is 1. The summed E-state index contributed by atoms with van der Waals surface area (Å²) in [6.07, 6.45) is 5.14. The Bertz CT molecular complexity index is 1720. The lowest BCUT2D eigenvalue weighted by atomic mass is 9.75. The molecule has 11 nitrogen and oxygen atoms in total. The van der Waals surface area contributed by atoms with E-state index in [4.69, 9.17) is 20.4 Å². The molecular formula is C37H48F3N9O2. The SMILES string of the molecule is Cc1cc(N)nc(C2Cc3nc(OCC45CCCN4CCC5)nc(N4CCN(C(=O)/C=C/C5CCN5C)[C@@H](CC#N)C4)c3CC2C)c1C(F)(F)F. The van der Waals surface area contributed by atoms with Crippen molar-refractivity contribution in [2.75, 3.05) is 63.6 Å². The predicted octanol–water partition coefficient (Wildman–Crippen LogP) is 4.50. The number of alkyl halides is 3. The van der Waals surface area contributed by atoms with Crippen LogP contribution in [0.5, 0.6) is 6.01 Å². The number of halogens is 3. The maximum Gasteiger partial charge on any atom is 0.418 e. The highest BCUT2D eigenvalue weighted by Crippen LogP contribution is 2.45. The van der Waals surface area contributed by atoms with E-state index in [1.54, 1.807) is 11.0 Å². The Kier molecular flexibility index (Phi) is 9.64. The van der Waals surface area contributed by atoms with Crippen molar-refractivity contribution in [1.29, 1.82) is 5.26 Å². The van der Waals surface area contributed by atoms with E-state index in [1.807, 2.05) is 20.0 Å². The normalized spacial score (nSPS) is 26.5. The molecule has 2 aromatic rings. The first-order valence-corrected chi connectivity index (χ1v) is 18.3. The first-order valence-electron chi connectivity index (χ1n) is 18.3. The lowest BCUT2D eigenvalue weighted by Crippen LogP contribution is -2.55. The molecule has 1 amide bonds. The second kappa shape index (κ2) is 13.9. The summed E-state index contributed by atoms with van der Waals surface area (Å²) in [4.78, 5) is 36.1. The molecule has 51 heavy (non-hydrogen) atoms. The van der Waals surface area contributed by atoms with Crippen molar-refractivity contribution in [3.8, 4) is 12.1 Å². The third kappa shape index (κ3) is 6.87. The largest absolute Gasteiger partial charge is 0.461 e. The summed E-state index contributed by atoms with van der Waals surface area (Å²) in [5, 5.41) is 9.77. The average molecular weight is 708 g/mol. The summed E-state index contributed by atoms with van der Waals surface area (Å²) in [6.45, 7) is 8.19. The maximum absolute atomic E-state index is 14.5. The van der Waals surface area contributed by atoms with Crippen molar-refractivity contribution in [2.45, 2.75) is 94.9 Å². The van der Waals surface area contributed by atoms with Gasteiger partial charge < -0.3 is 20.3 Å². The summed E-state index contributed by atoms with van der Waals surface area (Å²) in [5.74, 6) is -0.181. The number of amides is 1. The molecule has 0 bridgehead atoms. The monoisotopic (exact) mass is 707 g/mol. The average Bonchev–Trinajstić information content (AvgIpc) is 3.66. The minimum atomic E-state index is -4.59. The smallest absolute Gasteiger partial charge is 0.418 e. The Morgan fingerprint density at radius 3 is 2.57 bits per heavy atom. The molecule has 4 atom stereocenters. The number of fused-ring (bicyclic) bond motifs is 2. The van der Waals surface area contributed by atoms with Crippen molar-refractivity contribution in [3.63, 3.8) is 0 Å². The van der Waals surface area contributed by atoms with Gasteiger partial charge in [0.25, 0.3) is 0 Å². The molecule has 6 heterocycles. The lowest BCUT2D eigenvalue weighted by Gasteiger charge is -2.42. The molecule has 7 rings (SSSR count). The van der Waals surface area contributed by atoms with Crippen LogP contribution in [-0.4, -0.2) is 106 Å². The van der Waals surface area contributed by atoms with Gasteiger partial charge in [0.1, 0.15) is 18.2 Å². The number of hydrogen-bond acceptors (Lipinski definition) is 10. The fourth-order valence-corrected chi connectivity index (χ4v) is 9.15. The highest BCUT2D eigenvalue weighted by molar-refractivity contribution is 5.88. The molecular weight excluding hydrogens is 659 g/mol. The van der Waals surface area contributed by atoms with Gasteiger partial charge in [-0.05, 0) is 89.6 Å². The van der Waals surface area contributed by atoms with Gasteiger partial charge in [0.15, 0.2) is 0 Å². The van der Waals surface area contributed by atoms with Gasteiger partial charge in [-0.15, -0.1) is 0 Å². The van der Waals surface area contributed by atoms with E-state index in [0.29, 0.717) is 44.2 Å². The molecule has 1 aliphatic carbocycles. The van der Waals surface area contributed by atoms with Crippen LogP contribution in [0.3, 0.4) is 0 Å². The number of hydrogen-bond donors (Lipinski definition) is 1. The number of anilines is 2. The van der Waals surface area contributed by atoms with Crippen LogP contribution in [-0.2, 0) is 23.8 Å². The number of nitrogens with zero attached hydrogens (tertiary/aromatic N) is 8. The van der Waals surface area contributed by atoms with Gasteiger partial charge in [-0.1, -0.05) is 13.0 Å². The van der Waals surface area contributed by atoms with Gasteiger partial charge in [0, 0.05) is 49.8 Å². The topological polar surface area (TPSA) is 128 Å². The van der Waals surface area contributed by atoms with Crippen LogP contribution in [0.4, 0.5) is 24.8 Å². The van der Waals surface area contributed by atoms with E-state index in [9.17, 15) is 23.2 Å². The Balaban J connectivity index is 1.21. The van der Waals surface area contributed by atoms with Gasteiger partial charge in [0.05, 0.1) is 41.0 Å². The number of nitriles is 1. The number of piperazine rings is 1. The number of carbonyl (C=O) groups excluding carboxylic acids is 1. The first-order chi connectivity index (χ1) is 24.4. The van der Waals surface area contributed by atoms with E-state index in [-0.39, 0.29) is 65.4 Å². The van der Waals surface area contributed by atoms with Crippen molar-refractivity contribution >= 4 is 17.5 Å². The van der Waals surface area contributed by atoms with E-state index in [1.165, 1.54) is 13.0 Å². The van der Waals surface area contributed by atoms with Crippen LogP contribution < -0.4 is 15.4 Å². The number of aromatic nitrogens is 3. The molecule has 4 saturated heterocycles. The zero-order valence-corrected chi connectivity index (χ0v) is 29.8. The van der Waals surface area contributed by atoms with E-state index < -0.39 is 17.7 Å². The minimum Gasteiger partial charge on any atom is -0.461 e. The number of aryl methyl sites for hydroxylation is 1. The quantitative estimate of drug-likeness (QED) is 0.392. The Hall–Kier alpha value is -3.96. The maximum atomic E-state index is 14.5. The molecule has 2 aromatic heterocycles. The summed E-state index contributed by atoms with van der Waals surface area (Å²) in [7, 11) is 2.03. The van der Waals surface area contributed by atoms with Gasteiger partial charge in [-0.3, -0.25) is 14.6 Å². The second-order valence-corrected chi connectivity index (χ2v) is 15.3. The standard InChI is InChI=1S/C37H48F3N9O2/c1-23-18-28-29(20-27(23)33-32(37(38,39)40)24(2)19-30(42)44-33)43-35(51-22-36-10-4-13-48(36)14-5-11-36)45-34(28)47-16-17-49(26(21-47)8-12-41)31(50)7-6-25-9-15-46(25)3/h6-7,19,23,25-27H,4-5,8-11,13-18,20-22H2,1-3H3,(H2,42,44)/b7-6+/t23?,25?,26-,27?/m0/s1. The van der Waals surface area contributed by atoms with E-state index >= 15 is 0 Å².